The van der Waals surface area contributed by atoms with Crippen molar-refractivity contribution in [2.24, 2.45) is 10.4 Å². The van der Waals surface area contributed by atoms with E-state index in [1.165, 1.54) is 5.56 Å². The van der Waals surface area contributed by atoms with Crippen molar-refractivity contribution in [2.45, 2.75) is 46.0 Å². The molecule has 0 amide bonds. The minimum absolute atomic E-state index is 0.101. The Balaban J connectivity index is 1.58. The first-order chi connectivity index (χ1) is 11.1. The molecule has 1 aliphatic rings. The monoisotopic (exact) mass is 333 g/mol. The molecule has 0 bridgehead atoms. The predicted octanol–water partition coefficient (Wildman–Crippen LogP) is 4.50. The fourth-order valence-corrected chi connectivity index (χ4v) is 3.61. The van der Waals surface area contributed by atoms with Gasteiger partial charge in [0.25, 0.3) is 0 Å². The summed E-state index contributed by atoms with van der Waals surface area (Å²) in [5.74, 6) is 0.942. The molecule has 1 aromatic carbocycles. The van der Waals surface area contributed by atoms with Gasteiger partial charge in [-0.1, -0.05) is 30.3 Å². The number of benzene rings is 1. The van der Waals surface area contributed by atoms with Crippen LogP contribution in [0.5, 0.6) is 0 Å². The lowest BCUT2D eigenvalue weighted by molar-refractivity contribution is -0.153. The van der Waals surface area contributed by atoms with Crippen molar-refractivity contribution < 1.29 is 9.53 Å². The van der Waals surface area contributed by atoms with E-state index >= 15 is 0 Å². The molecule has 1 aliphatic heterocycles. The molecule has 0 unspecified atom stereocenters. The third-order valence-electron chi connectivity index (χ3n) is 3.98. The third kappa shape index (κ3) is 6.38. The van der Waals surface area contributed by atoms with E-state index in [-0.39, 0.29) is 5.97 Å². The number of aliphatic imine (C=N–C) groups is 1. The maximum atomic E-state index is 12.2. The van der Waals surface area contributed by atoms with Crippen LogP contribution in [0.25, 0.3) is 0 Å². The second-order valence-corrected chi connectivity index (χ2v) is 7.78. The number of rotatable bonds is 9. The summed E-state index contributed by atoms with van der Waals surface area (Å²) in [6.45, 7) is 5.31. The van der Waals surface area contributed by atoms with Crippen molar-refractivity contribution in [3.8, 4) is 0 Å². The third-order valence-corrected chi connectivity index (χ3v) is 4.97. The molecule has 0 aliphatic carbocycles. The standard InChI is InChI=1S/C19H27NO2S/c1-19(2,15-17-20-12-14-23-17)18(21)22-13-8-4-7-11-16-9-5-3-6-10-16/h3,5-6,9-10H,4,7-8,11-15H2,1-2H3. The number of aryl methyl sites for hydroxylation is 1. The zero-order valence-electron chi connectivity index (χ0n) is 14.2. The lowest BCUT2D eigenvalue weighted by Gasteiger charge is -2.22. The summed E-state index contributed by atoms with van der Waals surface area (Å²) in [5.41, 5.74) is 0.903. The van der Waals surface area contributed by atoms with Gasteiger partial charge in [0.15, 0.2) is 0 Å². The average molecular weight is 333 g/mol. The number of thioether (sulfide) groups is 1. The Morgan fingerprint density at radius 3 is 2.70 bits per heavy atom. The number of hydrogen-bond donors (Lipinski definition) is 0. The molecule has 1 aromatic rings. The molecule has 1 heterocycles. The SMILES string of the molecule is CC(C)(CC1=NCCS1)C(=O)OCCCCCc1ccccc1. The molecule has 0 radical (unpaired) electrons. The van der Waals surface area contributed by atoms with E-state index in [0.717, 1.165) is 43.0 Å². The van der Waals surface area contributed by atoms with E-state index < -0.39 is 5.41 Å². The Labute approximate surface area is 143 Å². The summed E-state index contributed by atoms with van der Waals surface area (Å²) in [4.78, 5) is 16.6. The average Bonchev–Trinajstić information content (AvgIpc) is 3.03. The summed E-state index contributed by atoms with van der Waals surface area (Å²) < 4.78 is 5.47. The highest BCUT2D eigenvalue weighted by Crippen LogP contribution is 2.28. The van der Waals surface area contributed by atoms with Gasteiger partial charge in [0, 0.05) is 18.7 Å². The van der Waals surface area contributed by atoms with Crippen molar-refractivity contribution >= 4 is 22.8 Å². The highest BCUT2D eigenvalue weighted by atomic mass is 32.2. The summed E-state index contributed by atoms with van der Waals surface area (Å²) in [6, 6.07) is 10.5. The molecule has 0 saturated heterocycles. The molecule has 0 saturated carbocycles. The van der Waals surface area contributed by atoms with Crippen molar-refractivity contribution in [1.29, 1.82) is 0 Å². The summed E-state index contributed by atoms with van der Waals surface area (Å²) in [6.07, 6.45) is 4.95. The second kappa shape index (κ2) is 9.11. The number of esters is 1. The minimum atomic E-state index is -0.472. The number of carbonyl (C=O) groups is 1. The van der Waals surface area contributed by atoms with Gasteiger partial charge in [-0.15, -0.1) is 11.8 Å². The maximum Gasteiger partial charge on any atom is 0.311 e. The van der Waals surface area contributed by atoms with Gasteiger partial charge >= 0.3 is 5.97 Å². The molecular weight excluding hydrogens is 306 g/mol. The van der Waals surface area contributed by atoms with Crippen LogP contribution in [0.3, 0.4) is 0 Å². The first kappa shape index (κ1) is 18.1. The Morgan fingerprint density at radius 1 is 1.22 bits per heavy atom. The normalized spacial score (nSPS) is 14.6. The van der Waals surface area contributed by atoms with Gasteiger partial charge in [-0.05, 0) is 45.1 Å². The molecule has 3 nitrogen and oxygen atoms in total. The first-order valence-corrected chi connectivity index (χ1v) is 9.44. The number of nitrogens with zero attached hydrogens (tertiary/aromatic N) is 1. The fourth-order valence-electron chi connectivity index (χ4n) is 2.55. The van der Waals surface area contributed by atoms with Crippen LogP contribution in [0.2, 0.25) is 0 Å². The summed E-state index contributed by atoms with van der Waals surface area (Å²) in [7, 11) is 0. The van der Waals surface area contributed by atoms with Gasteiger partial charge in [-0.3, -0.25) is 9.79 Å². The first-order valence-electron chi connectivity index (χ1n) is 8.45. The van der Waals surface area contributed by atoms with E-state index in [9.17, 15) is 4.79 Å². The maximum absolute atomic E-state index is 12.2. The van der Waals surface area contributed by atoms with Crippen LogP contribution >= 0.6 is 11.8 Å². The van der Waals surface area contributed by atoms with Crippen LogP contribution in [0.15, 0.2) is 35.3 Å². The number of ether oxygens (including phenoxy) is 1. The Kier molecular flexibility index (Phi) is 7.15. The molecule has 0 spiro atoms. The van der Waals surface area contributed by atoms with E-state index in [0.29, 0.717) is 13.0 Å². The quantitative estimate of drug-likeness (QED) is 0.493. The van der Waals surface area contributed by atoms with E-state index in [1.807, 2.05) is 19.9 Å². The molecule has 126 valence electrons. The molecule has 0 N–H and O–H groups in total. The summed E-state index contributed by atoms with van der Waals surface area (Å²) in [5, 5.41) is 1.09. The highest BCUT2D eigenvalue weighted by molar-refractivity contribution is 8.14. The van der Waals surface area contributed by atoms with Crippen LogP contribution in [0.1, 0.15) is 45.1 Å². The zero-order valence-corrected chi connectivity index (χ0v) is 15.0. The van der Waals surface area contributed by atoms with Gasteiger partial charge in [0.2, 0.25) is 0 Å². The minimum Gasteiger partial charge on any atom is -0.465 e. The van der Waals surface area contributed by atoms with Crippen LogP contribution in [-0.4, -0.2) is 29.9 Å². The van der Waals surface area contributed by atoms with E-state index in [2.05, 4.69) is 29.3 Å². The van der Waals surface area contributed by atoms with Crippen LogP contribution in [0.4, 0.5) is 0 Å². The van der Waals surface area contributed by atoms with Crippen LogP contribution in [-0.2, 0) is 16.0 Å². The second-order valence-electron chi connectivity index (χ2n) is 6.62. The van der Waals surface area contributed by atoms with Crippen molar-refractivity contribution in [3.63, 3.8) is 0 Å². The Hall–Kier alpha value is -1.29. The molecule has 23 heavy (non-hydrogen) atoms. The molecule has 2 rings (SSSR count). The largest absolute Gasteiger partial charge is 0.465 e. The smallest absolute Gasteiger partial charge is 0.311 e. The van der Waals surface area contributed by atoms with Crippen molar-refractivity contribution in [1.82, 2.24) is 0 Å². The predicted molar refractivity (Wildman–Crippen MR) is 98.1 cm³/mol. The molecule has 0 fully saturated rings. The summed E-state index contributed by atoms with van der Waals surface area (Å²) >= 11 is 1.76. The van der Waals surface area contributed by atoms with Gasteiger partial charge in [0.05, 0.1) is 17.1 Å². The van der Waals surface area contributed by atoms with Crippen molar-refractivity contribution in [2.75, 3.05) is 18.9 Å². The lowest BCUT2D eigenvalue weighted by atomic mass is 9.90. The van der Waals surface area contributed by atoms with Gasteiger partial charge in [0.1, 0.15) is 0 Å². The number of unbranched alkanes of at least 4 members (excludes halogenated alkanes) is 2. The molecular formula is C19H27NO2S. The molecule has 0 atom stereocenters. The Morgan fingerprint density at radius 2 is 2.00 bits per heavy atom. The highest BCUT2D eigenvalue weighted by Gasteiger charge is 2.31. The van der Waals surface area contributed by atoms with Gasteiger partial charge < -0.3 is 4.74 Å². The molecule has 0 aromatic heterocycles. The van der Waals surface area contributed by atoms with Crippen LogP contribution in [0, 0.1) is 5.41 Å². The van der Waals surface area contributed by atoms with E-state index in [4.69, 9.17) is 4.74 Å². The van der Waals surface area contributed by atoms with Gasteiger partial charge in [-0.25, -0.2) is 0 Å². The fraction of sp³-hybridized carbons (Fsp3) is 0.579. The lowest BCUT2D eigenvalue weighted by Crippen LogP contribution is -2.28. The zero-order chi connectivity index (χ0) is 16.5. The molecule has 4 heteroatoms. The topological polar surface area (TPSA) is 38.7 Å². The van der Waals surface area contributed by atoms with Crippen LogP contribution < -0.4 is 0 Å². The Bertz CT molecular complexity index is 525. The number of hydrogen-bond acceptors (Lipinski definition) is 4. The van der Waals surface area contributed by atoms with Gasteiger partial charge in [-0.2, -0.15) is 0 Å². The van der Waals surface area contributed by atoms with E-state index in [1.54, 1.807) is 11.8 Å². The van der Waals surface area contributed by atoms with Crippen molar-refractivity contribution in [3.05, 3.63) is 35.9 Å². The number of carbonyl (C=O) groups excluding carboxylic acids is 1.